The van der Waals surface area contributed by atoms with Gasteiger partial charge in [0.1, 0.15) is 0 Å². The molecule has 0 radical (unpaired) electrons. The zero-order valence-corrected chi connectivity index (χ0v) is 11.0. The summed E-state index contributed by atoms with van der Waals surface area (Å²) in [7, 11) is -0.497. The van der Waals surface area contributed by atoms with Crippen LogP contribution in [0.5, 0.6) is 0 Å². The van der Waals surface area contributed by atoms with Crippen LogP contribution in [0.25, 0.3) is 10.8 Å². The van der Waals surface area contributed by atoms with Crippen LogP contribution >= 0.6 is 0 Å². The molecule has 0 aliphatic heterocycles. The number of hydrogen-bond acceptors (Lipinski definition) is 1. The molecule has 0 spiro atoms. The minimum atomic E-state index is -2.23. The van der Waals surface area contributed by atoms with Crippen molar-refractivity contribution in [1.29, 1.82) is 0 Å². The summed E-state index contributed by atoms with van der Waals surface area (Å²) >= 11 is 0. The van der Waals surface area contributed by atoms with Crippen LogP contribution in [0, 0.1) is 0 Å². The summed E-state index contributed by atoms with van der Waals surface area (Å²) in [5.74, 6) is 0. The highest BCUT2D eigenvalue weighted by atomic mass is 28.4. The summed E-state index contributed by atoms with van der Waals surface area (Å²) in [6, 6.07) is 14.6. The first-order valence-electron chi connectivity index (χ1n) is 5.58. The lowest BCUT2D eigenvalue weighted by molar-refractivity contribution is 0.425. The van der Waals surface area contributed by atoms with E-state index in [1.54, 1.807) is 7.11 Å². The molecular formula is C15H16OSi. The Hall–Kier alpha value is -1.64. The van der Waals surface area contributed by atoms with Crippen molar-refractivity contribution in [3.63, 3.8) is 0 Å². The Morgan fingerprint density at radius 3 is 2.29 bits per heavy atom. The second-order valence-electron chi connectivity index (χ2n) is 3.93. The third-order valence-corrected chi connectivity index (χ3v) is 6.32. The van der Waals surface area contributed by atoms with E-state index in [9.17, 15) is 0 Å². The van der Waals surface area contributed by atoms with Gasteiger partial charge in [-0.3, -0.25) is 0 Å². The van der Waals surface area contributed by atoms with Gasteiger partial charge < -0.3 is 4.43 Å². The summed E-state index contributed by atoms with van der Waals surface area (Å²) < 4.78 is 5.73. The molecule has 0 aromatic heterocycles. The van der Waals surface area contributed by atoms with Crippen molar-refractivity contribution >= 4 is 24.3 Å². The highest BCUT2D eigenvalue weighted by molar-refractivity contribution is 6.96. The number of benzene rings is 2. The first-order chi connectivity index (χ1) is 8.27. The van der Waals surface area contributed by atoms with Crippen LogP contribution in [0.4, 0.5) is 0 Å². The van der Waals surface area contributed by atoms with Gasteiger partial charge in [0.05, 0.1) is 0 Å². The molecule has 0 saturated carbocycles. The van der Waals surface area contributed by atoms with Gasteiger partial charge in [-0.15, -0.1) is 13.2 Å². The molecule has 2 heteroatoms. The van der Waals surface area contributed by atoms with E-state index in [1.807, 2.05) is 23.5 Å². The lowest BCUT2D eigenvalue weighted by Crippen LogP contribution is -2.47. The average Bonchev–Trinajstić information content (AvgIpc) is 2.41. The fraction of sp³-hybridized carbons (Fsp3) is 0.0667. The van der Waals surface area contributed by atoms with Gasteiger partial charge in [-0.2, -0.15) is 0 Å². The smallest absolute Gasteiger partial charge is 0.272 e. The molecule has 86 valence electrons. The van der Waals surface area contributed by atoms with Crippen LogP contribution < -0.4 is 5.19 Å². The average molecular weight is 240 g/mol. The SMILES string of the molecule is C=C[Si](C=C)(OC)c1cccc2ccccc12. The zero-order chi connectivity index (χ0) is 12.3. The molecule has 0 heterocycles. The summed E-state index contributed by atoms with van der Waals surface area (Å²) in [6.07, 6.45) is 0. The Bertz CT molecular complexity index is 546. The van der Waals surface area contributed by atoms with Crippen molar-refractivity contribution in [2.24, 2.45) is 0 Å². The van der Waals surface area contributed by atoms with E-state index in [-0.39, 0.29) is 0 Å². The van der Waals surface area contributed by atoms with Gasteiger partial charge in [0.2, 0.25) is 0 Å². The van der Waals surface area contributed by atoms with Gasteiger partial charge in [0, 0.05) is 7.11 Å². The Morgan fingerprint density at radius 1 is 1.00 bits per heavy atom. The molecule has 2 rings (SSSR count). The standard InChI is InChI=1S/C15H16OSi/c1-4-17(5-2,16-3)15-12-8-10-13-9-6-7-11-14(13)15/h4-12H,1-2H2,3H3. The van der Waals surface area contributed by atoms with Crippen LogP contribution in [-0.4, -0.2) is 15.4 Å². The summed E-state index contributed by atoms with van der Waals surface area (Å²) in [6.45, 7) is 7.85. The molecule has 0 bridgehead atoms. The highest BCUT2D eigenvalue weighted by Gasteiger charge is 2.30. The van der Waals surface area contributed by atoms with Crippen molar-refractivity contribution in [3.8, 4) is 0 Å². The normalized spacial score (nSPS) is 11.4. The van der Waals surface area contributed by atoms with E-state index in [1.165, 1.54) is 16.0 Å². The minimum absolute atomic E-state index is 1.21. The third-order valence-electron chi connectivity index (χ3n) is 3.15. The van der Waals surface area contributed by atoms with E-state index in [4.69, 9.17) is 4.43 Å². The lowest BCUT2D eigenvalue weighted by Gasteiger charge is -2.24. The molecule has 0 aliphatic rings. The van der Waals surface area contributed by atoms with Crippen molar-refractivity contribution < 1.29 is 4.43 Å². The molecule has 0 saturated heterocycles. The summed E-state index contributed by atoms with van der Waals surface area (Å²) in [5, 5.41) is 3.66. The number of hydrogen-bond donors (Lipinski definition) is 0. The predicted octanol–water partition coefficient (Wildman–Crippen LogP) is 3.09. The first-order valence-corrected chi connectivity index (χ1v) is 7.64. The second-order valence-corrected chi connectivity index (χ2v) is 7.28. The van der Waals surface area contributed by atoms with E-state index in [0.717, 1.165) is 0 Å². The van der Waals surface area contributed by atoms with E-state index < -0.39 is 8.32 Å². The van der Waals surface area contributed by atoms with Crippen LogP contribution in [0.1, 0.15) is 0 Å². The van der Waals surface area contributed by atoms with Crippen LogP contribution in [-0.2, 0) is 4.43 Å². The van der Waals surface area contributed by atoms with Crippen molar-refractivity contribution in [2.45, 2.75) is 0 Å². The summed E-state index contributed by atoms with van der Waals surface area (Å²) in [4.78, 5) is 0. The van der Waals surface area contributed by atoms with Crippen molar-refractivity contribution in [1.82, 2.24) is 0 Å². The minimum Gasteiger partial charge on any atom is -0.408 e. The van der Waals surface area contributed by atoms with Crippen molar-refractivity contribution in [3.05, 3.63) is 67.0 Å². The quantitative estimate of drug-likeness (QED) is 0.746. The molecule has 17 heavy (non-hydrogen) atoms. The van der Waals surface area contributed by atoms with E-state index >= 15 is 0 Å². The van der Waals surface area contributed by atoms with Gasteiger partial charge in [-0.1, -0.05) is 53.9 Å². The largest absolute Gasteiger partial charge is 0.408 e. The fourth-order valence-corrected chi connectivity index (χ4v) is 4.31. The monoisotopic (exact) mass is 240 g/mol. The van der Waals surface area contributed by atoms with Gasteiger partial charge >= 0.3 is 0 Å². The molecule has 0 unspecified atom stereocenters. The van der Waals surface area contributed by atoms with Gasteiger partial charge in [-0.05, 0) is 16.0 Å². The van der Waals surface area contributed by atoms with Crippen LogP contribution in [0.2, 0.25) is 0 Å². The maximum Gasteiger partial charge on any atom is 0.272 e. The second kappa shape index (κ2) is 4.70. The van der Waals surface area contributed by atoms with Gasteiger partial charge in [0.15, 0.2) is 0 Å². The third kappa shape index (κ3) is 1.86. The molecule has 0 aliphatic carbocycles. The number of fused-ring (bicyclic) bond motifs is 1. The molecule has 0 atom stereocenters. The van der Waals surface area contributed by atoms with E-state index in [2.05, 4.69) is 43.5 Å². The first kappa shape index (κ1) is 11.8. The molecule has 0 amide bonds. The van der Waals surface area contributed by atoms with Crippen LogP contribution in [0.15, 0.2) is 67.0 Å². The molecule has 1 nitrogen and oxygen atoms in total. The van der Waals surface area contributed by atoms with Gasteiger partial charge in [0.25, 0.3) is 8.32 Å². The Balaban J connectivity index is 2.78. The predicted molar refractivity (Wildman–Crippen MR) is 76.7 cm³/mol. The molecule has 2 aromatic carbocycles. The maximum absolute atomic E-state index is 5.73. The Kier molecular flexibility index (Phi) is 3.27. The van der Waals surface area contributed by atoms with E-state index in [0.29, 0.717) is 0 Å². The fourth-order valence-electron chi connectivity index (χ4n) is 2.15. The molecule has 0 fully saturated rings. The Labute approximate surface area is 103 Å². The molecule has 0 N–H and O–H groups in total. The maximum atomic E-state index is 5.73. The lowest BCUT2D eigenvalue weighted by atomic mass is 10.1. The zero-order valence-electron chi connectivity index (χ0n) is 10.0. The molecular weight excluding hydrogens is 224 g/mol. The Morgan fingerprint density at radius 2 is 1.65 bits per heavy atom. The van der Waals surface area contributed by atoms with Crippen LogP contribution in [0.3, 0.4) is 0 Å². The van der Waals surface area contributed by atoms with Crippen molar-refractivity contribution in [2.75, 3.05) is 7.11 Å². The van der Waals surface area contributed by atoms with Gasteiger partial charge in [-0.25, -0.2) is 0 Å². The summed E-state index contributed by atoms with van der Waals surface area (Å²) in [5.41, 5.74) is 3.84. The highest BCUT2D eigenvalue weighted by Crippen LogP contribution is 2.17. The molecule has 2 aromatic rings. The number of rotatable bonds is 4. The topological polar surface area (TPSA) is 9.23 Å².